The molecule has 3 nitrogen and oxygen atoms in total. The third kappa shape index (κ3) is 2.33. The smallest absolute Gasteiger partial charge is 0.132 e. The first-order valence-corrected chi connectivity index (χ1v) is 6.61. The molecule has 1 atom stereocenters. The molecule has 0 fully saturated rings. The lowest BCUT2D eigenvalue weighted by Crippen LogP contribution is -2.22. The zero-order valence-electron chi connectivity index (χ0n) is 10.1. The molecule has 1 aromatic heterocycles. The van der Waals surface area contributed by atoms with Crippen molar-refractivity contribution in [3.8, 4) is 0 Å². The molecule has 4 heteroatoms. The molecular weight excluding hydrogens is 268 g/mol. The fraction of sp³-hybridized carbons (Fsp3) is 0.750. The average Bonchev–Trinajstić information content (AvgIpc) is 2.42. The molecular formula is C12H19BrN2O. The Balaban J connectivity index is 2.39. The molecule has 1 aliphatic heterocycles. The molecule has 1 unspecified atom stereocenters. The summed E-state index contributed by atoms with van der Waals surface area (Å²) in [6.45, 7) is 6.58. The van der Waals surface area contributed by atoms with Crippen molar-refractivity contribution in [2.24, 2.45) is 5.41 Å². The molecule has 0 spiro atoms. The van der Waals surface area contributed by atoms with Crippen LogP contribution in [0.1, 0.15) is 51.4 Å². The van der Waals surface area contributed by atoms with E-state index < -0.39 is 0 Å². The summed E-state index contributed by atoms with van der Waals surface area (Å²) in [7, 11) is 0. The van der Waals surface area contributed by atoms with Crippen molar-refractivity contribution in [3.05, 3.63) is 16.1 Å². The van der Waals surface area contributed by atoms with Gasteiger partial charge in [0, 0.05) is 6.42 Å². The molecule has 2 heterocycles. The summed E-state index contributed by atoms with van der Waals surface area (Å²) in [5, 5.41) is 10.1. The third-order valence-corrected chi connectivity index (χ3v) is 3.53. The Bertz CT molecular complexity index is 392. The lowest BCUT2D eigenvalue weighted by molar-refractivity contribution is 0.0743. The van der Waals surface area contributed by atoms with Crippen LogP contribution in [0.15, 0.2) is 4.60 Å². The van der Waals surface area contributed by atoms with Crippen LogP contribution in [-0.2, 0) is 12.8 Å². The van der Waals surface area contributed by atoms with Crippen LogP contribution in [0, 0.1) is 5.41 Å². The number of hydrogen-bond donors (Lipinski definition) is 1. The molecule has 0 aromatic carbocycles. The van der Waals surface area contributed by atoms with E-state index in [0.29, 0.717) is 0 Å². The Kier molecular flexibility index (Phi) is 3.14. The number of hydrogen-bond acceptors (Lipinski definition) is 2. The maximum absolute atomic E-state index is 10.1. The van der Waals surface area contributed by atoms with E-state index in [2.05, 4.69) is 41.7 Å². The molecule has 1 aliphatic rings. The summed E-state index contributed by atoms with van der Waals surface area (Å²) in [4.78, 5) is 4.55. The fourth-order valence-electron chi connectivity index (χ4n) is 2.24. The van der Waals surface area contributed by atoms with Gasteiger partial charge in [0.25, 0.3) is 0 Å². The number of rotatable bonds is 1. The highest BCUT2D eigenvalue weighted by Crippen LogP contribution is 2.32. The minimum atomic E-state index is -0.389. The van der Waals surface area contributed by atoms with Crippen molar-refractivity contribution >= 4 is 15.9 Å². The third-order valence-electron chi connectivity index (χ3n) is 2.90. The predicted molar refractivity (Wildman–Crippen MR) is 67.3 cm³/mol. The topological polar surface area (TPSA) is 38.0 Å². The van der Waals surface area contributed by atoms with E-state index in [4.69, 9.17) is 0 Å². The van der Waals surface area contributed by atoms with Crippen molar-refractivity contribution in [3.63, 3.8) is 0 Å². The quantitative estimate of drug-likeness (QED) is 0.862. The Hall–Kier alpha value is -0.350. The van der Waals surface area contributed by atoms with Crippen LogP contribution in [0.25, 0.3) is 0 Å². The lowest BCUT2D eigenvalue weighted by Gasteiger charge is -2.25. The van der Waals surface area contributed by atoms with Crippen molar-refractivity contribution in [2.45, 2.75) is 52.7 Å². The van der Waals surface area contributed by atoms with Gasteiger partial charge in [-0.2, -0.15) is 0 Å². The predicted octanol–water partition coefficient (Wildman–Crippen LogP) is 3.06. The second-order valence-electron chi connectivity index (χ2n) is 5.75. The number of aliphatic hydroxyl groups is 1. The van der Waals surface area contributed by atoms with Crippen molar-refractivity contribution in [2.75, 3.05) is 0 Å². The van der Waals surface area contributed by atoms with Crippen molar-refractivity contribution in [1.29, 1.82) is 0 Å². The van der Waals surface area contributed by atoms with Crippen LogP contribution >= 0.6 is 15.9 Å². The van der Waals surface area contributed by atoms with Crippen LogP contribution in [0.5, 0.6) is 0 Å². The highest BCUT2D eigenvalue weighted by Gasteiger charge is 2.26. The van der Waals surface area contributed by atoms with E-state index in [9.17, 15) is 5.11 Å². The number of aromatic nitrogens is 2. The monoisotopic (exact) mass is 286 g/mol. The van der Waals surface area contributed by atoms with E-state index in [1.807, 2.05) is 4.57 Å². The molecule has 16 heavy (non-hydrogen) atoms. The van der Waals surface area contributed by atoms with Crippen LogP contribution in [0.2, 0.25) is 0 Å². The minimum absolute atomic E-state index is 0.193. The zero-order valence-corrected chi connectivity index (χ0v) is 11.7. The SMILES string of the molecule is CC(C)(C)Cc1nc(Br)c2n1C(O)CCC2. The molecule has 1 N–H and O–H groups in total. The summed E-state index contributed by atoms with van der Waals surface area (Å²) in [5.74, 6) is 1.00. The summed E-state index contributed by atoms with van der Waals surface area (Å²) in [6, 6.07) is 0. The number of halogens is 1. The van der Waals surface area contributed by atoms with E-state index in [-0.39, 0.29) is 11.6 Å². The first-order valence-electron chi connectivity index (χ1n) is 5.82. The molecule has 0 amide bonds. The number of fused-ring (bicyclic) bond motifs is 1. The molecule has 0 bridgehead atoms. The van der Waals surface area contributed by atoms with E-state index in [1.165, 1.54) is 0 Å². The van der Waals surface area contributed by atoms with Gasteiger partial charge in [-0.3, -0.25) is 0 Å². The molecule has 1 aromatic rings. The van der Waals surface area contributed by atoms with Crippen LogP contribution in [-0.4, -0.2) is 14.7 Å². The molecule has 0 radical (unpaired) electrons. The first-order chi connectivity index (χ1) is 7.38. The molecule has 0 saturated carbocycles. The lowest BCUT2D eigenvalue weighted by atomic mass is 9.92. The van der Waals surface area contributed by atoms with Crippen LogP contribution in [0.3, 0.4) is 0 Å². The van der Waals surface area contributed by atoms with Crippen LogP contribution in [0.4, 0.5) is 0 Å². The number of nitrogens with zero attached hydrogens (tertiary/aromatic N) is 2. The normalized spacial score (nSPS) is 20.9. The Labute approximate surface area is 105 Å². The van der Waals surface area contributed by atoms with Gasteiger partial charge >= 0.3 is 0 Å². The van der Waals surface area contributed by atoms with Gasteiger partial charge in [-0.15, -0.1) is 0 Å². The standard InChI is InChI=1S/C12H19BrN2O/c1-12(2,3)7-9-14-11(13)8-5-4-6-10(16)15(8)9/h10,16H,4-7H2,1-3H3. The summed E-state index contributed by atoms with van der Waals surface area (Å²) >= 11 is 3.49. The second-order valence-corrected chi connectivity index (χ2v) is 6.50. The molecule has 0 aliphatic carbocycles. The van der Waals surface area contributed by atoms with Crippen molar-refractivity contribution in [1.82, 2.24) is 9.55 Å². The Morgan fingerprint density at radius 2 is 2.19 bits per heavy atom. The van der Waals surface area contributed by atoms with Gasteiger partial charge in [-0.05, 0) is 40.6 Å². The van der Waals surface area contributed by atoms with E-state index in [1.54, 1.807) is 0 Å². The van der Waals surface area contributed by atoms with Crippen molar-refractivity contribution < 1.29 is 5.11 Å². The van der Waals surface area contributed by atoms with E-state index >= 15 is 0 Å². The maximum atomic E-state index is 10.1. The van der Waals surface area contributed by atoms with E-state index in [0.717, 1.165) is 41.8 Å². The zero-order chi connectivity index (χ0) is 11.9. The van der Waals surface area contributed by atoms with Crippen LogP contribution < -0.4 is 0 Å². The van der Waals surface area contributed by atoms with Gasteiger partial charge in [0.05, 0.1) is 5.69 Å². The largest absolute Gasteiger partial charge is 0.373 e. The Morgan fingerprint density at radius 3 is 2.81 bits per heavy atom. The summed E-state index contributed by atoms with van der Waals surface area (Å²) in [5.41, 5.74) is 1.34. The summed E-state index contributed by atoms with van der Waals surface area (Å²) in [6.07, 6.45) is 3.39. The second kappa shape index (κ2) is 4.15. The molecule has 90 valence electrons. The Morgan fingerprint density at radius 1 is 1.50 bits per heavy atom. The van der Waals surface area contributed by atoms with Gasteiger partial charge in [0.2, 0.25) is 0 Å². The first kappa shape index (κ1) is 12.1. The molecule has 0 saturated heterocycles. The van der Waals surface area contributed by atoms with Gasteiger partial charge in [0.1, 0.15) is 16.7 Å². The summed E-state index contributed by atoms with van der Waals surface area (Å²) < 4.78 is 2.92. The molecule has 2 rings (SSSR count). The average molecular weight is 287 g/mol. The van der Waals surface area contributed by atoms with Gasteiger partial charge in [-0.1, -0.05) is 20.8 Å². The van der Waals surface area contributed by atoms with Gasteiger partial charge < -0.3 is 9.67 Å². The van der Waals surface area contributed by atoms with Gasteiger partial charge in [-0.25, -0.2) is 4.98 Å². The minimum Gasteiger partial charge on any atom is -0.373 e. The van der Waals surface area contributed by atoms with Gasteiger partial charge in [0.15, 0.2) is 0 Å². The fourth-order valence-corrected chi connectivity index (χ4v) is 2.84. The maximum Gasteiger partial charge on any atom is 0.132 e. The highest BCUT2D eigenvalue weighted by atomic mass is 79.9. The number of aliphatic hydroxyl groups excluding tert-OH is 1. The highest BCUT2D eigenvalue weighted by molar-refractivity contribution is 9.10. The number of imidazole rings is 1.